The SMILES string of the molecule is [C-]#[N+]c1ccc(N2CCC3(CCN(C(=O)c4ccc(N5CCN(CC(=O)N6Cc7cc8c(cc7C6)C(=O)N(C6CCC(=O)NC6=O)C8=O)CC5)cc4)CC3)C2)cc1Cl. The summed E-state index contributed by atoms with van der Waals surface area (Å²) in [6, 6.07) is 15.8. The van der Waals surface area contributed by atoms with Gasteiger partial charge in [0.25, 0.3) is 17.7 Å². The van der Waals surface area contributed by atoms with Gasteiger partial charge in [-0.3, -0.25) is 43.9 Å². The largest absolute Gasteiger partial charge is 0.371 e. The van der Waals surface area contributed by atoms with E-state index in [1.54, 1.807) is 23.1 Å². The molecule has 14 nitrogen and oxygen atoms in total. The smallest absolute Gasteiger partial charge is 0.262 e. The van der Waals surface area contributed by atoms with E-state index < -0.39 is 29.7 Å². The van der Waals surface area contributed by atoms with Crippen LogP contribution in [-0.2, 0) is 27.5 Å². The molecular formula is C43H43ClN8O6. The lowest BCUT2D eigenvalue weighted by Gasteiger charge is -2.39. The number of fused-ring (bicyclic) bond motifs is 2. The van der Waals surface area contributed by atoms with Crippen molar-refractivity contribution in [2.75, 3.05) is 68.7 Å². The summed E-state index contributed by atoms with van der Waals surface area (Å²) in [4.78, 5) is 92.5. The number of benzene rings is 3. The summed E-state index contributed by atoms with van der Waals surface area (Å²) in [6.07, 6.45) is 3.14. The number of hydrogen-bond acceptors (Lipinski definition) is 9. The number of piperidine rings is 2. The Bertz CT molecular complexity index is 2250. The van der Waals surface area contributed by atoms with Gasteiger partial charge in [-0.25, -0.2) is 4.85 Å². The van der Waals surface area contributed by atoms with E-state index in [1.165, 1.54) is 0 Å². The van der Waals surface area contributed by atoms with Gasteiger partial charge >= 0.3 is 0 Å². The first-order valence-corrected chi connectivity index (χ1v) is 20.3. The highest BCUT2D eigenvalue weighted by Crippen LogP contribution is 2.43. The van der Waals surface area contributed by atoms with Gasteiger partial charge in [0.05, 0.1) is 24.2 Å². The number of amides is 6. The number of hydrogen-bond donors (Lipinski definition) is 1. The zero-order valence-electron chi connectivity index (χ0n) is 32.0. The Kier molecular flexibility index (Phi) is 9.68. The summed E-state index contributed by atoms with van der Waals surface area (Å²) in [5, 5.41) is 2.70. The first kappa shape index (κ1) is 37.8. The van der Waals surface area contributed by atoms with Crippen molar-refractivity contribution in [2.45, 2.75) is 51.2 Å². The van der Waals surface area contributed by atoms with E-state index in [0.717, 1.165) is 85.9 Å². The van der Waals surface area contributed by atoms with E-state index in [-0.39, 0.29) is 47.7 Å². The zero-order valence-corrected chi connectivity index (χ0v) is 32.8. The first-order valence-electron chi connectivity index (χ1n) is 19.9. The Morgan fingerprint density at radius 1 is 0.776 bits per heavy atom. The van der Waals surface area contributed by atoms with Crippen molar-refractivity contribution < 1.29 is 28.8 Å². The molecule has 4 fully saturated rings. The van der Waals surface area contributed by atoms with Crippen molar-refractivity contribution in [1.29, 1.82) is 0 Å². The highest BCUT2D eigenvalue weighted by molar-refractivity contribution is 6.33. The van der Waals surface area contributed by atoms with E-state index in [9.17, 15) is 28.8 Å². The van der Waals surface area contributed by atoms with Gasteiger partial charge in [-0.15, -0.1) is 0 Å². The van der Waals surface area contributed by atoms with Crippen molar-refractivity contribution in [3.8, 4) is 0 Å². The molecule has 1 unspecified atom stereocenters. The predicted octanol–water partition coefficient (Wildman–Crippen LogP) is 4.09. The van der Waals surface area contributed by atoms with Gasteiger partial charge in [0, 0.05) is 93.8 Å². The lowest BCUT2D eigenvalue weighted by Crippen LogP contribution is -2.54. The minimum Gasteiger partial charge on any atom is -0.371 e. The molecule has 0 saturated carbocycles. The molecule has 298 valence electrons. The molecule has 6 heterocycles. The fourth-order valence-electron chi connectivity index (χ4n) is 9.53. The second-order valence-electron chi connectivity index (χ2n) is 16.4. The van der Waals surface area contributed by atoms with Crippen LogP contribution in [0.5, 0.6) is 0 Å². The molecule has 58 heavy (non-hydrogen) atoms. The van der Waals surface area contributed by atoms with E-state index >= 15 is 0 Å². The molecule has 0 aliphatic carbocycles. The number of imide groups is 2. The number of piperazine rings is 1. The minimum absolute atomic E-state index is 0.0264. The Balaban J connectivity index is 0.735. The molecule has 3 aromatic rings. The minimum atomic E-state index is -1.02. The molecule has 15 heteroatoms. The van der Waals surface area contributed by atoms with Gasteiger partial charge in [0.1, 0.15) is 6.04 Å². The predicted molar refractivity (Wildman–Crippen MR) is 215 cm³/mol. The third kappa shape index (κ3) is 6.86. The third-order valence-corrected chi connectivity index (χ3v) is 13.3. The average molecular weight is 803 g/mol. The molecule has 0 radical (unpaired) electrons. The van der Waals surface area contributed by atoms with Gasteiger partial charge in [-0.1, -0.05) is 17.7 Å². The molecule has 6 aliphatic rings. The van der Waals surface area contributed by atoms with E-state index in [1.807, 2.05) is 41.3 Å². The Morgan fingerprint density at radius 3 is 2.03 bits per heavy atom. The van der Waals surface area contributed by atoms with Crippen molar-refractivity contribution in [3.63, 3.8) is 0 Å². The summed E-state index contributed by atoms with van der Waals surface area (Å²) in [7, 11) is 0. The molecule has 6 aliphatic heterocycles. The van der Waals surface area contributed by atoms with Crippen molar-refractivity contribution in [2.24, 2.45) is 5.41 Å². The molecule has 1 spiro atoms. The van der Waals surface area contributed by atoms with Crippen LogP contribution in [0.3, 0.4) is 0 Å². The maximum Gasteiger partial charge on any atom is 0.262 e. The van der Waals surface area contributed by atoms with Crippen LogP contribution in [0.15, 0.2) is 54.6 Å². The monoisotopic (exact) mass is 802 g/mol. The fraction of sp³-hybridized carbons (Fsp3) is 0.419. The third-order valence-electron chi connectivity index (χ3n) is 13.0. The van der Waals surface area contributed by atoms with Crippen LogP contribution >= 0.6 is 11.6 Å². The summed E-state index contributed by atoms with van der Waals surface area (Å²) in [6.45, 7) is 14.4. The van der Waals surface area contributed by atoms with Crippen LogP contribution in [0, 0.1) is 12.0 Å². The van der Waals surface area contributed by atoms with Crippen LogP contribution in [0.25, 0.3) is 4.85 Å². The maximum absolute atomic E-state index is 13.5. The maximum atomic E-state index is 13.5. The molecule has 4 saturated heterocycles. The molecular weight excluding hydrogens is 760 g/mol. The van der Waals surface area contributed by atoms with Gasteiger partial charge in [0.2, 0.25) is 23.4 Å². The van der Waals surface area contributed by atoms with E-state index in [2.05, 4.69) is 24.9 Å². The number of likely N-dealkylation sites (tertiary alicyclic amines) is 1. The number of nitrogens with zero attached hydrogens (tertiary/aromatic N) is 7. The van der Waals surface area contributed by atoms with Crippen LogP contribution in [-0.4, -0.2) is 120 Å². The van der Waals surface area contributed by atoms with Gasteiger partial charge in [-0.05, 0) is 90.8 Å². The lowest BCUT2D eigenvalue weighted by molar-refractivity contribution is -0.136. The number of anilines is 2. The topological polar surface area (TPSA) is 138 Å². The van der Waals surface area contributed by atoms with E-state index in [0.29, 0.717) is 42.5 Å². The number of carbonyl (C=O) groups excluding carboxylic acids is 6. The number of nitrogens with one attached hydrogen (secondary N) is 1. The Morgan fingerprint density at radius 2 is 1.41 bits per heavy atom. The molecule has 9 rings (SSSR count). The van der Waals surface area contributed by atoms with Gasteiger partial charge in [-0.2, -0.15) is 0 Å². The molecule has 1 N–H and O–H groups in total. The summed E-state index contributed by atoms with van der Waals surface area (Å²) in [5.74, 6) is -2.14. The second-order valence-corrected chi connectivity index (χ2v) is 16.8. The van der Waals surface area contributed by atoms with Crippen LogP contribution in [0.1, 0.15) is 74.3 Å². The number of halogens is 1. The van der Waals surface area contributed by atoms with Crippen molar-refractivity contribution in [3.05, 3.63) is 98.9 Å². The molecule has 6 amide bonds. The Hall–Kier alpha value is -5.78. The number of carbonyl (C=O) groups is 6. The fourth-order valence-corrected chi connectivity index (χ4v) is 9.75. The summed E-state index contributed by atoms with van der Waals surface area (Å²) < 4.78 is 0. The normalized spacial score (nSPS) is 21.7. The molecule has 3 aromatic carbocycles. The Labute approximate surface area is 341 Å². The second kappa shape index (κ2) is 14.9. The molecule has 0 bridgehead atoms. The van der Waals surface area contributed by atoms with Crippen LogP contribution in [0.2, 0.25) is 5.02 Å². The standard InChI is InChI=1S/C43H43ClN8O6/c1-45-35-7-6-31(22-34(35)44)50-15-12-43(26-50)10-13-49(14-11-43)40(56)27-2-4-30(5-3-27)48-18-16-47(17-19-48)25-38(54)51-23-28-20-32-33(21-29(28)24-51)42(58)52(41(32)57)36-8-9-37(53)46-39(36)55/h2-7,20-22,36H,8-19,23-26H2,(H,46,53,55). The number of rotatable bonds is 6. The summed E-state index contributed by atoms with van der Waals surface area (Å²) >= 11 is 6.32. The van der Waals surface area contributed by atoms with Crippen molar-refractivity contribution >= 4 is 64.1 Å². The first-order chi connectivity index (χ1) is 28.0. The van der Waals surface area contributed by atoms with Gasteiger partial charge in [0.15, 0.2) is 0 Å². The quantitative estimate of drug-likeness (QED) is 0.289. The van der Waals surface area contributed by atoms with Crippen LogP contribution in [0.4, 0.5) is 17.1 Å². The van der Waals surface area contributed by atoms with E-state index in [4.69, 9.17) is 18.2 Å². The zero-order chi connectivity index (χ0) is 40.3. The average Bonchev–Trinajstić information content (AvgIpc) is 3.91. The summed E-state index contributed by atoms with van der Waals surface area (Å²) in [5.41, 5.74) is 5.47. The van der Waals surface area contributed by atoms with Gasteiger partial charge < -0.3 is 19.6 Å². The van der Waals surface area contributed by atoms with Crippen molar-refractivity contribution in [1.82, 2.24) is 24.9 Å². The highest BCUT2D eigenvalue weighted by atomic mass is 35.5. The van der Waals surface area contributed by atoms with Crippen LogP contribution < -0.4 is 15.1 Å². The lowest BCUT2D eigenvalue weighted by atomic mass is 9.77. The molecule has 0 aromatic heterocycles. The highest BCUT2D eigenvalue weighted by Gasteiger charge is 2.46. The molecule has 1 atom stereocenters.